The zero-order chi connectivity index (χ0) is 22.3. The second-order valence-electron chi connectivity index (χ2n) is 7.47. The molecule has 4 aromatic rings. The van der Waals surface area contributed by atoms with Crippen LogP contribution in [0.15, 0.2) is 41.3 Å². The van der Waals surface area contributed by atoms with Gasteiger partial charge in [-0.15, -0.1) is 0 Å². The molecule has 0 bridgehead atoms. The number of halogens is 3. The Hall–Kier alpha value is -3.47. The zero-order valence-electron chi connectivity index (χ0n) is 16.8. The number of hydrogen-bond acceptors (Lipinski definition) is 6. The number of alkyl halides is 3. The predicted molar refractivity (Wildman–Crippen MR) is 108 cm³/mol. The van der Waals surface area contributed by atoms with E-state index in [4.69, 9.17) is 9.15 Å². The third kappa shape index (κ3) is 3.79. The maximum atomic E-state index is 13.3. The summed E-state index contributed by atoms with van der Waals surface area (Å²) in [5, 5.41) is 4.58. The first-order valence-electron chi connectivity index (χ1n) is 10.0. The number of carbonyl (C=O) groups excluding carboxylic acids is 1. The molecule has 0 spiro atoms. The lowest BCUT2D eigenvalue weighted by molar-refractivity contribution is -0.141. The fourth-order valence-electron chi connectivity index (χ4n) is 3.82. The molecule has 1 amide bonds. The van der Waals surface area contributed by atoms with Crippen LogP contribution in [0.4, 0.5) is 13.2 Å². The summed E-state index contributed by atoms with van der Waals surface area (Å²) in [6.45, 7) is 0.563. The first kappa shape index (κ1) is 20.4. The smallest absolute Gasteiger partial charge is 0.408 e. The highest BCUT2D eigenvalue weighted by Crippen LogP contribution is 2.34. The van der Waals surface area contributed by atoms with Crippen molar-refractivity contribution in [3.8, 4) is 11.3 Å². The van der Waals surface area contributed by atoms with Crippen LogP contribution in [-0.2, 0) is 11.3 Å². The van der Waals surface area contributed by atoms with Gasteiger partial charge in [-0.1, -0.05) is 0 Å². The Labute approximate surface area is 179 Å². The van der Waals surface area contributed by atoms with E-state index >= 15 is 0 Å². The van der Waals surface area contributed by atoms with Crippen molar-refractivity contribution in [3.63, 3.8) is 0 Å². The minimum absolute atomic E-state index is 0.0597. The molecule has 0 atom stereocenters. The number of hydrogen-bond donors (Lipinski definition) is 0. The quantitative estimate of drug-likeness (QED) is 0.478. The van der Waals surface area contributed by atoms with Gasteiger partial charge in [-0.25, -0.2) is 0 Å². The minimum atomic E-state index is -4.50. The largest absolute Gasteiger partial charge is 0.462 e. The molecule has 0 unspecified atom stereocenters. The van der Waals surface area contributed by atoms with E-state index in [0.717, 1.165) is 4.68 Å². The molecule has 0 aliphatic carbocycles. The standard InChI is InChI=1S/C21H18F3N5O3/c22-21(23,24)12-29-16-9-15(20(30)28-5-2-7-31-8-6-28)26-10-13(16)18(27-29)14-11-32-17-3-1-4-25-19(14)17/h1,3-4,9-11H,2,5-8,12H2. The van der Waals surface area contributed by atoms with E-state index in [0.29, 0.717) is 54.8 Å². The van der Waals surface area contributed by atoms with E-state index in [-0.39, 0.29) is 22.8 Å². The van der Waals surface area contributed by atoms with Crippen molar-refractivity contribution in [2.45, 2.75) is 19.1 Å². The molecule has 5 heterocycles. The van der Waals surface area contributed by atoms with E-state index in [9.17, 15) is 18.0 Å². The van der Waals surface area contributed by atoms with Gasteiger partial charge in [0.2, 0.25) is 0 Å². The number of nitrogens with zero attached hydrogens (tertiary/aromatic N) is 5. The number of aromatic nitrogens is 4. The highest BCUT2D eigenvalue weighted by molar-refractivity contribution is 6.02. The second kappa shape index (κ2) is 7.90. The molecule has 8 nitrogen and oxygen atoms in total. The van der Waals surface area contributed by atoms with Gasteiger partial charge in [-0.3, -0.25) is 19.4 Å². The van der Waals surface area contributed by atoms with Gasteiger partial charge < -0.3 is 14.1 Å². The van der Waals surface area contributed by atoms with E-state index in [1.807, 2.05) is 0 Å². The molecule has 1 saturated heterocycles. The van der Waals surface area contributed by atoms with Crippen molar-refractivity contribution in [1.82, 2.24) is 24.6 Å². The van der Waals surface area contributed by atoms with Crippen LogP contribution in [0.25, 0.3) is 33.3 Å². The van der Waals surface area contributed by atoms with Gasteiger partial charge in [-0.2, -0.15) is 18.3 Å². The summed E-state index contributed by atoms with van der Waals surface area (Å²) in [6, 6.07) is 4.77. The summed E-state index contributed by atoms with van der Waals surface area (Å²) >= 11 is 0. The van der Waals surface area contributed by atoms with Gasteiger partial charge in [0.25, 0.3) is 5.91 Å². The van der Waals surface area contributed by atoms with Crippen LogP contribution in [0.1, 0.15) is 16.9 Å². The van der Waals surface area contributed by atoms with E-state index in [1.54, 1.807) is 23.2 Å². The van der Waals surface area contributed by atoms with Gasteiger partial charge in [-0.05, 0) is 24.6 Å². The average molecular weight is 445 g/mol. The third-order valence-corrected chi connectivity index (χ3v) is 5.28. The minimum Gasteiger partial charge on any atom is -0.462 e. The topological polar surface area (TPSA) is 86.3 Å². The molecule has 1 aliphatic heterocycles. The molecule has 0 saturated carbocycles. The summed E-state index contributed by atoms with van der Waals surface area (Å²) in [5.41, 5.74) is 1.91. The lowest BCUT2D eigenvalue weighted by atomic mass is 10.1. The molecule has 0 radical (unpaired) electrons. The van der Waals surface area contributed by atoms with Gasteiger partial charge in [0.15, 0.2) is 5.58 Å². The fourth-order valence-corrected chi connectivity index (χ4v) is 3.82. The first-order chi connectivity index (χ1) is 15.4. The first-order valence-corrected chi connectivity index (χ1v) is 10.0. The number of carbonyl (C=O) groups is 1. The maximum Gasteiger partial charge on any atom is 0.408 e. The SMILES string of the molecule is O=C(c1cc2c(cn1)c(-c1coc3cccnc13)nn2CC(F)(F)F)N1CCCOCC1. The zero-order valence-corrected chi connectivity index (χ0v) is 16.8. The molecule has 5 rings (SSSR count). The van der Waals surface area contributed by atoms with Crippen molar-refractivity contribution in [3.05, 3.63) is 42.5 Å². The normalized spacial score (nSPS) is 15.4. The van der Waals surface area contributed by atoms with Gasteiger partial charge in [0, 0.05) is 37.5 Å². The van der Waals surface area contributed by atoms with Crippen LogP contribution >= 0.6 is 0 Å². The van der Waals surface area contributed by atoms with Crippen molar-refractivity contribution < 1.29 is 27.1 Å². The summed E-state index contributed by atoms with van der Waals surface area (Å²) < 4.78 is 51.5. The molecular formula is C21H18F3N5O3. The second-order valence-corrected chi connectivity index (χ2v) is 7.47. The van der Waals surface area contributed by atoms with Crippen molar-refractivity contribution in [1.29, 1.82) is 0 Å². The molecule has 11 heteroatoms. The summed E-state index contributed by atoms with van der Waals surface area (Å²) in [4.78, 5) is 23.1. The number of fused-ring (bicyclic) bond motifs is 2. The fraction of sp³-hybridized carbons (Fsp3) is 0.333. The molecular weight excluding hydrogens is 427 g/mol. The van der Waals surface area contributed by atoms with Crippen LogP contribution < -0.4 is 0 Å². The Morgan fingerprint density at radius 2 is 2.06 bits per heavy atom. The number of pyridine rings is 2. The Bertz CT molecular complexity index is 1290. The summed E-state index contributed by atoms with van der Waals surface area (Å²) in [5.74, 6) is -0.353. The molecule has 32 heavy (non-hydrogen) atoms. The lowest BCUT2D eigenvalue weighted by Gasteiger charge is -2.19. The highest BCUT2D eigenvalue weighted by Gasteiger charge is 2.31. The monoisotopic (exact) mass is 445 g/mol. The summed E-state index contributed by atoms with van der Waals surface area (Å²) in [7, 11) is 0. The molecule has 1 fully saturated rings. The molecule has 0 N–H and O–H groups in total. The Morgan fingerprint density at radius 3 is 2.91 bits per heavy atom. The maximum absolute atomic E-state index is 13.3. The van der Waals surface area contributed by atoms with Crippen LogP contribution in [0.3, 0.4) is 0 Å². The van der Waals surface area contributed by atoms with Crippen molar-refractivity contribution >= 4 is 27.9 Å². The van der Waals surface area contributed by atoms with Crippen LogP contribution in [0.2, 0.25) is 0 Å². The third-order valence-electron chi connectivity index (χ3n) is 5.28. The van der Waals surface area contributed by atoms with Crippen LogP contribution in [-0.4, -0.2) is 63.0 Å². The van der Waals surface area contributed by atoms with Crippen LogP contribution in [0.5, 0.6) is 0 Å². The number of furan rings is 1. The van der Waals surface area contributed by atoms with E-state index < -0.39 is 12.7 Å². The molecule has 4 aromatic heterocycles. The van der Waals surface area contributed by atoms with Gasteiger partial charge >= 0.3 is 6.18 Å². The highest BCUT2D eigenvalue weighted by atomic mass is 19.4. The number of rotatable bonds is 3. The predicted octanol–water partition coefficient (Wildman–Crippen LogP) is 3.66. The average Bonchev–Trinajstić information content (AvgIpc) is 3.21. The van der Waals surface area contributed by atoms with Crippen molar-refractivity contribution in [2.75, 3.05) is 26.3 Å². The van der Waals surface area contributed by atoms with Gasteiger partial charge in [0.05, 0.1) is 17.7 Å². The molecule has 0 aromatic carbocycles. The number of ether oxygens (including phenoxy) is 1. The Morgan fingerprint density at radius 1 is 1.19 bits per heavy atom. The van der Waals surface area contributed by atoms with Crippen LogP contribution in [0, 0.1) is 0 Å². The van der Waals surface area contributed by atoms with Gasteiger partial charge in [0.1, 0.15) is 29.7 Å². The van der Waals surface area contributed by atoms with Crippen molar-refractivity contribution in [2.24, 2.45) is 0 Å². The van der Waals surface area contributed by atoms with E-state index in [2.05, 4.69) is 15.1 Å². The summed E-state index contributed by atoms with van der Waals surface area (Å²) in [6.07, 6.45) is 0.547. The lowest BCUT2D eigenvalue weighted by Crippen LogP contribution is -2.33. The Kier molecular flexibility index (Phi) is 5.04. The molecule has 1 aliphatic rings. The van der Waals surface area contributed by atoms with E-state index in [1.165, 1.54) is 18.5 Å². The Balaban J connectivity index is 1.62. The number of amides is 1. The molecule has 166 valence electrons.